The second kappa shape index (κ2) is 8.87. The van der Waals surface area contributed by atoms with Gasteiger partial charge in [0.25, 0.3) is 0 Å². The van der Waals surface area contributed by atoms with Crippen LogP contribution >= 0.6 is 0 Å². The fraction of sp³-hybridized carbons (Fsp3) is 0.867. The molecule has 3 N–H and O–H groups in total. The van der Waals surface area contributed by atoms with Crippen LogP contribution < -0.4 is 10.6 Å². The topological polar surface area (TPSA) is 81.7 Å². The summed E-state index contributed by atoms with van der Waals surface area (Å²) in [6, 6.07) is -0.184. The quantitative estimate of drug-likeness (QED) is 0.493. The maximum Gasteiger partial charge on any atom is 0.317 e. The van der Waals surface area contributed by atoms with E-state index in [2.05, 4.69) is 10.6 Å². The van der Waals surface area contributed by atoms with Gasteiger partial charge in [0.15, 0.2) is 0 Å². The number of urea groups is 1. The molecule has 1 aliphatic carbocycles. The van der Waals surface area contributed by atoms with E-state index in [0.717, 1.165) is 38.6 Å². The molecule has 21 heavy (non-hydrogen) atoms. The molecule has 0 aromatic heterocycles. The average molecular weight is 299 g/mol. The van der Waals surface area contributed by atoms with Gasteiger partial charge in [-0.1, -0.05) is 25.7 Å². The van der Waals surface area contributed by atoms with Crippen LogP contribution in [0.15, 0.2) is 0 Å². The molecular formula is C15H29N3O3. The zero-order valence-electron chi connectivity index (χ0n) is 13.3. The monoisotopic (exact) mass is 299 g/mol. The van der Waals surface area contributed by atoms with Gasteiger partial charge in [0.05, 0.1) is 5.41 Å². The molecule has 0 atom stereocenters. The van der Waals surface area contributed by atoms with Crippen LogP contribution in [0.2, 0.25) is 0 Å². The summed E-state index contributed by atoms with van der Waals surface area (Å²) < 4.78 is 0. The molecule has 0 radical (unpaired) electrons. The number of hydrogen-bond acceptors (Lipinski definition) is 3. The van der Waals surface area contributed by atoms with Crippen LogP contribution in [0.25, 0.3) is 0 Å². The second-order valence-electron chi connectivity index (χ2n) is 6.04. The van der Waals surface area contributed by atoms with Gasteiger partial charge < -0.3 is 20.6 Å². The first kappa shape index (κ1) is 17.8. The van der Waals surface area contributed by atoms with Crippen LogP contribution in [0.5, 0.6) is 0 Å². The molecule has 0 aromatic rings. The number of carboxylic acid groups (broad SMARTS) is 1. The first-order chi connectivity index (χ1) is 10.0. The van der Waals surface area contributed by atoms with Crippen molar-refractivity contribution >= 4 is 12.0 Å². The molecule has 1 aliphatic rings. The van der Waals surface area contributed by atoms with Crippen molar-refractivity contribution < 1.29 is 14.7 Å². The molecule has 0 aliphatic heterocycles. The number of carbonyl (C=O) groups is 2. The Morgan fingerprint density at radius 3 is 2.33 bits per heavy atom. The molecule has 1 fully saturated rings. The molecule has 1 rings (SSSR count). The van der Waals surface area contributed by atoms with Crippen molar-refractivity contribution in [3.8, 4) is 0 Å². The van der Waals surface area contributed by atoms with Crippen molar-refractivity contribution in [1.29, 1.82) is 0 Å². The number of nitrogens with zero attached hydrogens (tertiary/aromatic N) is 1. The summed E-state index contributed by atoms with van der Waals surface area (Å²) in [5, 5.41) is 15.4. The van der Waals surface area contributed by atoms with Gasteiger partial charge in [-0.2, -0.15) is 0 Å². The molecule has 122 valence electrons. The molecule has 2 amide bonds. The fourth-order valence-electron chi connectivity index (χ4n) is 2.85. The molecule has 1 saturated carbocycles. The van der Waals surface area contributed by atoms with Crippen molar-refractivity contribution in [2.24, 2.45) is 5.41 Å². The summed E-state index contributed by atoms with van der Waals surface area (Å²) in [5.74, 6) is -0.775. The lowest BCUT2D eigenvalue weighted by Gasteiger charge is -2.29. The van der Waals surface area contributed by atoms with E-state index in [-0.39, 0.29) is 12.6 Å². The van der Waals surface area contributed by atoms with Gasteiger partial charge in [-0.25, -0.2) is 4.79 Å². The van der Waals surface area contributed by atoms with Gasteiger partial charge in [0.1, 0.15) is 0 Å². The van der Waals surface area contributed by atoms with E-state index in [4.69, 9.17) is 0 Å². The Labute approximate surface area is 127 Å². The molecule has 0 heterocycles. The molecule has 0 unspecified atom stereocenters. The third-order valence-electron chi connectivity index (χ3n) is 4.36. The first-order valence-electron chi connectivity index (χ1n) is 7.89. The minimum Gasteiger partial charge on any atom is -0.481 e. The normalized spacial score (nSPS) is 17.8. The summed E-state index contributed by atoms with van der Waals surface area (Å²) in [4.78, 5) is 25.3. The van der Waals surface area contributed by atoms with Crippen LogP contribution in [0.1, 0.15) is 44.9 Å². The Hall–Kier alpha value is -1.30. The fourth-order valence-corrected chi connectivity index (χ4v) is 2.85. The number of carboxylic acids is 1. The maximum atomic E-state index is 12.0. The predicted octanol–water partition coefficient (Wildman–Crippen LogP) is 1.66. The highest BCUT2D eigenvalue weighted by molar-refractivity contribution is 5.78. The van der Waals surface area contributed by atoms with Crippen molar-refractivity contribution in [3.05, 3.63) is 0 Å². The molecular weight excluding hydrogens is 270 g/mol. The first-order valence-corrected chi connectivity index (χ1v) is 7.89. The lowest BCUT2D eigenvalue weighted by Crippen LogP contribution is -2.47. The van der Waals surface area contributed by atoms with Gasteiger partial charge in [0, 0.05) is 20.1 Å². The van der Waals surface area contributed by atoms with Crippen LogP contribution in [-0.2, 0) is 4.79 Å². The summed E-state index contributed by atoms with van der Waals surface area (Å²) in [7, 11) is 3.62. The van der Waals surface area contributed by atoms with E-state index in [1.165, 1.54) is 0 Å². The highest BCUT2D eigenvalue weighted by atomic mass is 16.4. The number of nitrogens with one attached hydrogen (secondary N) is 2. The minimum absolute atomic E-state index is 0.184. The van der Waals surface area contributed by atoms with Crippen molar-refractivity contribution in [2.75, 3.05) is 33.7 Å². The third-order valence-corrected chi connectivity index (χ3v) is 4.36. The second-order valence-corrected chi connectivity index (χ2v) is 6.04. The van der Waals surface area contributed by atoms with Gasteiger partial charge in [-0.05, 0) is 32.9 Å². The number of rotatable bonds is 7. The number of carbonyl (C=O) groups excluding carboxylic acids is 1. The Bertz CT molecular complexity index is 339. The van der Waals surface area contributed by atoms with Gasteiger partial charge >= 0.3 is 12.0 Å². The highest BCUT2D eigenvalue weighted by Gasteiger charge is 2.39. The predicted molar refractivity (Wildman–Crippen MR) is 82.3 cm³/mol. The summed E-state index contributed by atoms with van der Waals surface area (Å²) in [5.41, 5.74) is -0.780. The van der Waals surface area contributed by atoms with Gasteiger partial charge in [0.2, 0.25) is 0 Å². The van der Waals surface area contributed by atoms with Crippen molar-refractivity contribution in [2.45, 2.75) is 44.9 Å². The number of aliphatic carboxylic acids is 1. The number of amides is 2. The van der Waals surface area contributed by atoms with Crippen LogP contribution in [0.4, 0.5) is 4.79 Å². The standard InChI is InChI=1S/C15H29N3O3/c1-16-10-7-11-18(2)14(21)17-12-15(13(19)20)8-5-3-4-6-9-15/h16H,3-12H2,1-2H3,(H,17,21)(H,19,20). The van der Waals surface area contributed by atoms with Crippen LogP contribution in [-0.4, -0.2) is 55.7 Å². The molecule has 6 nitrogen and oxygen atoms in total. The lowest BCUT2D eigenvalue weighted by molar-refractivity contribution is -0.149. The van der Waals surface area contributed by atoms with Crippen LogP contribution in [0, 0.1) is 5.41 Å². The summed E-state index contributed by atoms with van der Waals surface area (Å²) >= 11 is 0. The van der Waals surface area contributed by atoms with E-state index in [9.17, 15) is 14.7 Å². The zero-order valence-corrected chi connectivity index (χ0v) is 13.3. The Kier molecular flexibility index (Phi) is 7.50. The molecule has 0 bridgehead atoms. The van der Waals surface area contributed by atoms with E-state index in [0.29, 0.717) is 19.4 Å². The van der Waals surface area contributed by atoms with Gasteiger partial charge in [-0.3, -0.25) is 4.79 Å². The van der Waals surface area contributed by atoms with Crippen LogP contribution in [0.3, 0.4) is 0 Å². The molecule has 6 heteroatoms. The summed E-state index contributed by atoms with van der Waals surface area (Å²) in [6.07, 6.45) is 6.24. The Morgan fingerprint density at radius 2 is 1.81 bits per heavy atom. The number of hydrogen-bond donors (Lipinski definition) is 3. The van der Waals surface area contributed by atoms with E-state index >= 15 is 0 Å². The molecule has 0 saturated heterocycles. The SMILES string of the molecule is CNCCCN(C)C(=O)NCC1(C(=O)O)CCCCCC1. The van der Waals surface area contributed by atoms with E-state index in [1.807, 2.05) is 7.05 Å². The Morgan fingerprint density at radius 1 is 1.19 bits per heavy atom. The largest absolute Gasteiger partial charge is 0.481 e. The smallest absolute Gasteiger partial charge is 0.317 e. The molecule has 0 spiro atoms. The third kappa shape index (κ3) is 5.53. The van der Waals surface area contributed by atoms with E-state index in [1.54, 1.807) is 11.9 Å². The van der Waals surface area contributed by atoms with Crippen molar-refractivity contribution in [1.82, 2.24) is 15.5 Å². The minimum atomic E-state index is -0.780. The van der Waals surface area contributed by atoms with E-state index < -0.39 is 11.4 Å². The molecule has 0 aromatic carbocycles. The highest BCUT2D eigenvalue weighted by Crippen LogP contribution is 2.34. The Balaban J connectivity index is 2.48. The summed E-state index contributed by atoms with van der Waals surface area (Å²) in [6.45, 7) is 1.75. The maximum absolute atomic E-state index is 12.0. The van der Waals surface area contributed by atoms with Gasteiger partial charge in [-0.15, -0.1) is 0 Å². The average Bonchev–Trinajstić information content (AvgIpc) is 2.71. The van der Waals surface area contributed by atoms with Crippen molar-refractivity contribution in [3.63, 3.8) is 0 Å². The lowest BCUT2D eigenvalue weighted by atomic mass is 9.80. The zero-order chi connectivity index (χ0) is 15.7.